The van der Waals surface area contributed by atoms with E-state index < -0.39 is 0 Å². The second-order valence-electron chi connectivity index (χ2n) is 8.44. The maximum Gasteiger partial charge on any atom is 0.272 e. The van der Waals surface area contributed by atoms with Crippen LogP contribution in [0, 0.1) is 0 Å². The van der Waals surface area contributed by atoms with Crippen LogP contribution in [0.3, 0.4) is 0 Å². The molecule has 0 N–H and O–H groups in total. The molecule has 2 aliphatic heterocycles. The summed E-state index contributed by atoms with van der Waals surface area (Å²) in [5.74, 6) is 2.21. The highest BCUT2D eigenvalue weighted by molar-refractivity contribution is 8.00. The van der Waals surface area contributed by atoms with Crippen LogP contribution in [0.1, 0.15) is 5.69 Å². The minimum Gasteiger partial charge on any atom is -0.493 e. The fourth-order valence-corrected chi connectivity index (χ4v) is 6.41. The molecule has 10 heteroatoms. The van der Waals surface area contributed by atoms with Gasteiger partial charge in [0.15, 0.2) is 16.7 Å². The van der Waals surface area contributed by atoms with E-state index in [1.54, 1.807) is 30.9 Å². The number of hydrogen-bond donors (Lipinski definition) is 0. The van der Waals surface area contributed by atoms with Crippen molar-refractivity contribution in [1.82, 2.24) is 14.5 Å². The van der Waals surface area contributed by atoms with E-state index in [0.29, 0.717) is 40.3 Å². The Morgan fingerprint density at radius 2 is 1.75 bits per heavy atom. The largest absolute Gasteiger partial charge is 0.493 e. The maximum atomic E-state index is 13.5. The Labute approximate surface area is 218 Å². The zero-order valence-corrected chi connectivity index (χ0v) is 21.9. The van der Waals surface area contributed by atoms with Gasteiger partial charge in [-0.15, -0.1) is 11.8 Å². The van der Waals surface area contributed by atoms with Crippen LogP contribution in [-0.2, 0) is 11.2 Å². The van der Waals surface area contributed by atoms with E-state index in [1.165, 1.54) is 29.2 Å². The predicted molar refractivity (Wildman–Crippen MR) is 143 cm³/mol. The minimum atomic E-state index is -0.110. The Hall–Kier alpha value is -3.11. The average Bonchev–Trinajstić information content (AvgIpc) is 3.41. The molecule has 3 heterocycles. The van der Waals surface area contributed by atoms with Gasteiger partial charge in [0.25, 0.3) is 5.56 Å². The number of carbonyl (C=O) groups excluding carboxylic acids is 1. The average molecular weight is 525 g/mol. The fraction of sp³-hybridized carbons (Fsp3) is 0.346. The van der Waals surface area contributed by atoms with Crippen LogP contribution >= 0.6 is 23.5 Å². The number of methoxy groups -OCH3 is 2. The summed E-state index contributed by atoms with van der Waals surface area (Å²) in [6.07, 6.45) is 0.755. The highest BCUT2D eigenvalue weighted by Gasteiger charge is 2.25. The summed E-state index contributed by atoms with van der Waals surface area (Å²) >= 11 is 2.84. The molecule has 0 atom stereocenters. The van der Waals surface area contributed by atoms with Crippen molar-refractivity contribution >= 4 is 35.1 Å². The van der Waals surface area contributed by atoms with Crippen molar-refractivity contribution in [3.05, 3.63) is 64.6 Å². The third-order valence-corrected chi connectivity index (χ3v) is 8.40. The Bertz CT molecular complexity index is 1310. The Morgan fingerprint density at radius 1 is 1.00 bits per heavy atom. The molecule has 3 aromatic rings. The molecule has 1 saturated heterocycles. The first-order valence-electron chi connectivity index (χ1n) is 11.8. The lowest BCUT2D eigenvalue weighted by Crippen LogP contribution is -2.49. The summed E-state index contributed by atoms with van der Waals surface area (Å²) < 4.78 is 12.4. The van der Waals surface area contributed by atoms with Gasteiger partial charge in [0.2, 0.25) is 5.91 Å². The number of para-hydroxylation sites is 1. The molecule has 0 saturated carbocycles. The SMILES string of the molecule is COc1ccc(-n2c(SCC(=O)N3CCN(c4ccccc4)CC3)nc3c(c2=O)SCC3)cc1OC. The second-order valence-corrected chi connectivity index (χ2v) is 10.5. The highest BCUT2D eigenvalue weighted by atomic mass is 32.2. The molecule has 1 amide bonds. The molecule has 0 spiro atoms. The lowest BCUT2D eigenvalue weighted by atomic mass is 10.2. The highest BCUT2D eigenvalue weighted by Crippen LogP contribution is 2.33. The van der Waals surface area contributed by atoms with Crippen LogP contribution in [0.15, 0.2) is 63.4 Å². The molecule has 0 radical (unpaired) electrons. The number of thioether (sulfide) groups is 2. The smallest absolute Gasteiger partial charge is 0.272 e. The molecular formula is C26H28N4O4S2. The zero-order valence-electron chi connectivity index (χ0n) is 20.3. The summed E-state index contributed by atoms with van der Waals surface area (Å²) in [4.78, 5) is 36.2. The molecule has 36 heavy (non-hydrogen) atoms. The number of rotatable bonds is 7. The van der Waals surface area contributed by atoms with Crippen molar-refractivity contribution in [1.29, 1.82) is 0 Å². The molecule has 2 aromatic carbocycles. The number of aryl methyl sites for hydroxylation is 1. The number of benzene rings is 2. The van der Waals surface area contributed by atoms with Crippen LogP contribution in [0.2, 0.25) is 0 Å². The summed E-state index contributed by atoms with van der Waals surface area (Å²) in [6.45, 7) is 2.94. The van der Waals surface area contributed by atoms with Crippen LogP contribution in [0.4, 0.5) is 5.69 Å². The quantitative estimate of drug-likeness (QED) is 0.344. The third-order valence-electron chi connectivity index (χ3n) is 6.37. The van der Waals surface area contributed by atoms with Gasteiger partial charge in [0, 0.05) is 50.1 Å². The van der Waals surface area contributed by atoms with Gasteiger partial charge in [-0.1, -0.05) is 30.0 Å². The van der Waals surface area contributed by atoms with Gasteiger partial charge in [-0.2, -0.15) is 0 Å². The normalized spacial score (nSPS) is 15.1. The molecule has 2 aliphatic rings. The van der Waals surface area contributed by atoms with E-state index in [0.717, 1.165) is 31.0 Å². The van der Waals surface area contributed by atoms with E-state index >= 15 is 0 Å². The molecule has 188 valence electrons. The van der Waals surface area contributed by atoms with Crippen molar-refractivity contribution in [3.8, 4) is 17.2 Å². The molecule has 5 rings (SSSR count). The molecule has 1 fully saturated rings. The Kier molecular flexibility index (Phi) is 7.43. The first-order valence-corrected chi connectivity index (χ1v) is 13.8. The van der Waals surface area contributed by atoms with Gasteiger partial charge in [-0.25, -0.2) is 4.98 Å². The molecule has 0 bridgehead atoms. The molecule has 0 unspecified atom stereocenters. The van der Waals surface area contributed by atoms with Gasteiger partial charge < -0.3 is 19.3 Å². The topological polar surface area (TPSA) is 76.9 Å². The van der Waals surface area contributed by atoms with E-state index in [2.05, 4.69) is 17.0 Å². The number of hydrogen-bond acceptors (Lipinski definition) is 8. The van der Waals surface area contributed by atoms with E-state index in [4.69, 9.17) is 14.5 Å². The molecule has 8 nitrogen and oxygen atoms in total. The van der Waals surface area contributed by atoms with E-state index in [-0.39, 0.29) is 17.2 Å². The first kappa shape index (κ1) is 24.6. The number of amides is 1. The monoisotopic (exact) mass is 524 g/mol. The van der Waals surface area contributed by atoms with Gasteiger partial charge in [0.1, 0.15) is 0 Å². The zero-order chi connectivity index (χ0) is 25.1. The van der Waals surface area contributed by atoms with Crippen molar-refractivity contribution < 1.29 is 14.3 Å². The van der Waals surface area contributed by atoms with E-state index in [9.17, 15) is 9.59 Å². The Morgan fingerprint density at radius 3 is 2.47 bits per heavy atom. The lowest BCUT2D eigenvalue weighted by molar-refractivity contribution is -0.128. The number of anilines is 1. The summed E-state index contributed by atoms with van der Waals surface area (Å²) in [6, 6.07) is 15.6. The fourth-order valence-electron chi connectivity index (χ4n) is 4.45. The first-order chi connectivity index (χ1) is 17.6. The number of piperazine rings is 1. The number of nitrogens with zero attached hydrogens (tertiary/aromatic N) is 4. The molecule has 0 aliphatic carbocycles. The lowest BCUT2D eigenvalue weighted by Gasteiger charge is -2.36. The van der Waals surface area contributed by atoms with Gasteiger partial charge in [-0.3, -0.25) is 14.2 Å². The summed E-state index contributed by atoms with van der Waals surface area (Å²) in [5.41, 5.74) is 2.51. The standard InChI is InChI=1S/C26H28N4O4S2/c1-33-21-9-8-19(16-22(21)34-2)30-25(32)24-20(10-15-35-24)27-26(30)36-17-23(31)29-13-11-28(12-14-29)18-6-4-3-5-7-18/h3-9,16H,10-15,17H2,1-2H3. The van der Waals surface area contributed by atoms with E-state index in [1.807, 2.05) is 29.2 Å². The van der Waals surface area contributed by atoms with Crippen molar-refractivity contribution in [2.75, 3.05) is 56.8 Å². The van der Waals surface area contributed by atoms with Crippen LogP contribution < -0.4 is 19.9 Å². The number of carbonyl (C=O) groups is 1. The summed E-state index contributed by atoms with van der Waals surface area (Å²) in [7, 11) is 3.14. The van der Waals surface area contributed by atoms with Crippen LogP contribution in [0.5, 0.6) is 11.5 Å². The molecular weight excluding hydrogens is 496 g/mol. The van der Waals surface area contributed by atoms with Crippen LogP contribution in [0.25, 0.3) is 5.69 Å². The third kappa shape index (κ3) is 4.92. The van der Waals surface area contributed by atoms with Crippen LogP contribution in [-0.4, -0.2) is 72.3 Å². The molecule has 1 aromatic heterocycles. The summed E-state index contributed by atoms with van der Waals surface area (Å²) in [5, 5.41) is 0.518. The van der Waals surface area contributed by atoms with Crippen molar-refractivity contribution in [2.24, 2.45) is 0 Å². The van der Waals surface area contributed by atoms with Crippen molar-refractivity contribution in [2.45, 2.75) is 16.5 Å². The van der Waals surface area contributed by atoms with Gasteiger partial charge >= 0.3 is 0 Å². The van der Waals surface area contributed by atoms with Gasteiger partial charge in [0.05, 0.1) is 36.2 Å². The van der Waals surface area contributed by atoms with Crippen molar-refractivity contribution in [3.63, 3.8) is 0 Å². The minimum absolute atomic E-state index is 0.0516. The number of fused-ring (bicyclic) bond motifs is 1. The van der Waals surface area contributed by atoms with Gasteiger partial charge in [-0.05, 0) is 24.3 Å². The number of ether oxygens (including phenoxy) is 2. The second kappa shape index (κ2) is 10.9. The Balaban J connectivity index is 1.34. The maximum absolute atomic E-state index is 13.5. The predicted octanol–water partition coefficient (Wildman–Crippen LogP) is 3.34. The number of aromatic nitrogens is 2.